The first-order chi connectivity index (χ1) is 12.4. The van der Waals surface area contributed by atoms with Crippen LogP contribution in [0.2, 0.25) is 0 Å². The molecule has 0 unspecified atom stereocenters. The van der Waals surface area contributed by atoms with Crippen LogP contribution in [-0.4, -0.2) is 36.8 Å². The van der Waals surface area contributed by atoms with Gasteiger partial charge < -0.3 is 4.90 Å². The molecule has 1 saturated heterocycles. The molecule has 3 rings (SSSR count). The fraction of sp³-hybridized carbons (Fsp3) is 0.381. The Labute approximate surface area is 155 Å². The zero-order valence-corrected chi connectivity index (χ0v) is 16.1. The summed E-state index contributed by atoms with van der Waals surface area (Å²) >= 11 is 0. The van der Waals surface area contributed by atoms with Crippen molar-refractivity contribution in [1.82, 2.24) is 4.90 Å². The average molecular weight is 372 g/mol. The first kappa shape index (κ1) is 18.6. The number of rotatable bonds is 5. The molecule has 138 valence electrons. The predicted molar refractivity (Wildman–Crippen MR) is 104 cm³/mol. The van der Waals surface area contributed by atoms with Gasteiger partial charge in [0, 0.05) is 18.2 Å². The molecule has 0 N–H and O–H groups in total. The topological polar surface area (TPSA) is 54.5 Å². The molecule has 1 amide bonds. The van der Waals surface area contributed by atoms with Crippen LogP contribution in [0.5, 0.6) is 0 Å². The standard InChI is InChI=1S/C21H25NO3S/c1-3-17-8-10-18(11-9-17)14-22(19-12-13-26(24,25)15-19)21(23)20-7-5-4-6-16(20)2/h4-11,19H,3,12-15H2,1-2H3/t19-/m1/s1. The summed E-state index contributed by atoms with van der Waals surface area (Å²) in [5.41, 5.74) is 3.81. The Hall–Kier alpha value is -2.14. The van der Waals surface area contributed by atoms with Crippen molar-refractivity contribution >= 4 is 15.7 Å². The van der Waals surface area contributed by atoms with Gasteiger partial charge in [0.1, 0.15) is 0 Å². The van der Waals surface area contributed by atoms with Gasteiger partial charge in [-0.1, -0.05) is 49.4 Å². The summed E-state index contributed by atoms with van der Waals surface area (Å²) < 4.78 is 23.9. The molecule has 1 aliphatic heterocycles. The predicted octanol–water partition coefficient (Wildman–Crippen LogP) is 3.39. The van der Waals surface area contributed by atoms with E-state index in [1.54, 1.807) is 4.90 Å². The molecule has 0 saturated carbocycles. The monoisotopic (exact) mass is 371 g/mol. The Balaban J connectivity index is 1.91. The molecule has 0 aromatic heterocycles. The van der Waals surface area contributed by atoms with E-state index in [1.807, 2.05) is 43.3 Å². The Kier molecular flexibility index (Phi) is 5.47. The number of benzene rings is 2. The van der Waals surface area contributed by atoms with E-state index in [4.69, 9.17) is 0 Å². The van der Waals surface area contributed by atoms with Gasteiger partial charge in [-0.2, -0.15) is 0 Å². The number of carbonyl (C=O) groups is 1. The van der Waals surface area contributed by atoms with Gasteiger partial charge in [0.25, 0.3) is 5.91 Å². The molecular weight excluding hydrogens is 346 g/mol. The second kappa shape index (κ2) is 7.62. The molecule has 0 spiro atoms. The van der Waals surface area contributed by atoms with Crippen LogP contribution in [0.1, 0.15) is 40.4 Å². The maximum Gasteiger partial charge on any atom is 0.254 e. The molecule has 0 aliphatic carbocycles. The molecule has 1 aliphatic rings. The molecule has 1 fully saturated rings. The third kappa shape index (κ3) is 4.15. The number of nitrogens with zero attached hydrogens (tertiary/aromatic N) is 1. The van der Waals surface area contributed by atoms with Crippen molar-refractivity contribution in [2.24, 2.45) is 0 Å². The maximum atomic E-state index is 13.2. The first-order valence-electron chi connectivity index (χ1n) is 9.04. The molecule has 26 heavy (non-hydrogen) atoms. The minimum Gasteiger partial charge on any atom is -0.330 e. The second-order valence-corrected chi connectivity index (χ2v) is 9.20. The first-order valence-corrected chi connectivity index (χ1v) is 10.9. The largest absolute Gasteiger partial charge is 0.330 e. The smallest absolute Gasteiger partial charge is 0.254 e. The van der Waals surface area contributed by atoms with E-state index < -0.39 is 9.84 Å². The van der Waals surface area contributed by atoms with Crippen LogP contribution in [0.15, 0.2) is 48.5 Å². The maximum absolute atomic E-state index is 13.2. The summed E-state index contributed by atoms with van der Waals surface area (Å²) in [4.78, 5) is 15.0. The highest BCUT2D eigenvalue weighted by Crippen LogP contribution is 2.23. The zero-order chi connectivity index (χ0) is 18.7. The second-order valence-electron chi connectivity index (χ2n) is 6.97. The normalized spacial score (nSPS) is 18.6. The van der Waals surface area contributed by atoms with Crippen molar-refractivity contribution in [3.8, 4) is 0 Å². The number of aryl methyl sites for hydroxylation is 2. The zero-order valence-electron chi connectivity index (χ0n) is 15.3. The fourth-order valence-electron chi connectivity index (χ4n) is 3.43. The van der Waals surface area contributed by atoms with Crippen molar-refractivity contribution in [2.45, 2.75) is 39.3 Å². The van der Waals surface area contributed by atoms with E-state index in [1.165, 1.54) is 5.56 Å². The number of sulfone groups is 1. The van der Waals surface area contributed by atoms with Crippen LogP contribution in [0.3, 0.4) is 0 Å². The minimum atomic E-state index is -3.06. The van der Waals surface area contributed by atoms with Crippen LogP contribution in [0.25, 0.3) is 0 Å². The average Bonchev–Trinajstić information content (AvgIpc) is 2.99. The third-order valence-corrected chi connectivity index (χ3v) is 6.82. The third-order valence-electron chi connectivity index (χ3n) is 5.07. The number of carbonyl (C=O) groups excluding carboxylic acids is 1. The number of hydrogen-bond acceptors (Lipinski definition) is 3. The summed E-state index contributed by atoms with van der Waals surface area (Å²) in [5, 5.41) is 0. The molecule has 4 nitrogen and oxygen atoms in total. The van der Waals surface area contributed by atoms with Crippen LogP contribution >= 0.6 is 0 Å². The van der Waals surface area contributed by atoms with Crippen molar-refractivity contribution in [1.29, 1.82) is 0 Å². The van der Waals surface area contributed by atoms with Gasteiger partial charge in [-0.3, -0.25) is 4.79 Å². The minimum absolute atomic E-state index is 0.0532. The quantitative estimate of drug-likeness (QED) is 0.810. The lowest BCUT2D eigenvalue weighted by molar-refractivity contribution is 0.0680. The summed E-state index contributed by atoms with van der Waals surface area (Å²) in [6.45, 7) is 4.44. The molecule has 5 heteroatoms. The van der Waals surface area contributed by atoms with Crippen LogP contribution in [0, 0.1) is 6.92 Å². The van der Waals surface area contributed by atoms with Crippen LogP contribution < -0.4 is 0 Å². The van der Waals surface area contributed by atoms with Gasteiger partial charge >= 0.3 is 0 Å². The van der Waals surface area contributed by atoms with E-state index in [9.17, 15) is 13.2 Å². The van der Waals surface area contributed by atoms with Gasteiger partial charge in [0.2, 0.25) is 0 Å². The number of hydrogen-bond donors (Lipinski definition) is 0. The van der Waals surface area contributed by atoms with Crippen molar-refractivity contribution < 1.29 is 13.2 Å². The van der Waals surface area contributed by atoms with E-state index in [-0.39, 0.29) is 23.5 Å². The van der Waals surface area contributed by atoms with E-state index in [0.29, 0.717) is 18.5 Å². The van der Waals surface area contributed by atoms with Crippen molar-refractivity contribution in [2.75, 3.05) is 11.5 Å². The molecule has 2 aromatic carbocycles. The van der Waals surface area contributed by atoms with E-state index in [2.05, 4.69) is 19.1 Å². The molecule has 0 bridgehead atoms. The van der Waals surface area contributed by atoms with Crippen LogP contribution in [0.4, 0.5) is 0 Å². The lowest BCUT2D eigenvalue weighted by atomic mass is 10.0. The summed E-state index contributed by atoms with van der Waals surface area (Å²) in [5.74, 6) is 0.117. The van der Waals surface area contributed by atoms with Crippen LogP contribution in [-0.2, 0) is 22.8 Å². The van der Waals surface area contributed by atoms with Crippen molar-refractivity contribution in [3.05, 3.63) is 70.8 Å². The SMILES string of the molecule is CCc1ccc(CN(C(=O)c2ccccc2C)[C@@H]2CCS(=O)(=O)C2)cc1. The Morgan fingerprint density at radius 2 is 1.73 bits per heavy atom. The van der Waals surface area contributed by atoms with Gasteiger partial charge in [0.15, 0.2) is 9.84 Å². The molecule has 1 atom stereocenters. The van der Waals surface area contributed by atoms with E-state index in [0.717, 1.165) is 17.5 Å². The highest BCUT2D eigenvalue weighted by atomic mass is 32.2. The Morgan fingerprint density at radius 1 is 1.08 bits per heavy atom. The van der Waals surface area contributed by atoms with Gasteiger partial charge in [-0.15, -0.1) is 0 Å². The fourth-order valence-corrected chi connectivity index (χ4v) is 5.16. The van der Waals surface area contributed by atoms with E-state index >= 15 is 0 Å². The highest BCUT2D eigenvalue weighted by molar-refractivity contribution is 7.91. The lowest BCUT2D eigenvalue weighted by Crippen LogP contribution is -2.40. The van der Waals surface area contributed by atoms with Gasteiger partial charge in [0.05, 0.1) is 11.5 Å². The summed E-state index contributed by atoms with van der Waals surface area (Å²) in [7, 11) is -3.06. The Morgan fingerprint density at radius 3 is 2.31 bits per heavy atom. The van der Waals surface area contributed by atoms with Gasteiger partial charge in [-0.25, -0.2) is 8.42 Å². The molecular formula is C21H25NO3S. The molecule has 0 radical (unpaired) electrons. The van der Waals surface area contributed by atoms with Crippen molar-refractivity contribution in [3.63, 3.8) is 0 Å². The summed E-state index contributed by atoms with van der Waals surface area (Å²) in [6.07, 6.45) is 1.47. The molecule has 1 heterocycles. The highest BCUT2D eigenvalue weighted by Gasteiger charge is 2.35. The van der Waals surface area contributed by atoms with Gasteiger partial charge in [-0.05, 0) is 42.5 Å². The summed E-state index contributed by atoms with van der Waals surface area (Å²) in [6, 6.07) is 15.4. The Bertz CT molecular complexity index is 888. The molecule has 2 aromatic rings. The lowest BCUT2D eigenvalue weighted by Gasteiger charge is -2.29. The number of amides is 1.